The molecule has 0 aliphatic rings. The maximum atomic E-state index is 12.7. The summed E-state index contributed by atoms with van der Waals surface area (Å²) in [4.78, 5) is 11.7. The van der Waals surface area contributed by atoms with Crippen LogP contribution in [0.25, 0.3) is 0 Å². The lowest BCUT2D eigenvalue weighted by molar-refractivity contribution is -0.137. The van der Waals surface area contributed by atoms with Crippen molar-refractivity contribution in [3.8, 4) is 0 Å². The molecule has 2 aromatic rings. The predicted molar refractivity (Wildman–Crippen MR) is 72.9 cm³/mol. The summed E-state index contributed by atoms with van der Waals surface area (Å²) >= 11 is 0. The number of hydrogen-bond donors (Lipinski definition) is 1. The SMILES string of the molecule is O=C(N/N=C\c1ccc(F)cc1)c1cccc(C(F)(F)F)c1. The average Bonchev–Trinajstić information content (AvgIpc) is 2.48. The van der Waals surface area contributed by atoms with Gasteiger partial charge in [-0.2, -0.15) is 18.3 Å². The Kier molecular flexibility index (Phi) is 4.55. The Morgan fingerprint density at radius 3 is 2.41 bits per heavy atom. The molecule has 22 heavy (non-hydrogen) atoms. The van der Waals surface area contributed by atoms with Crippen molar-refractivity contribution in [2.75, 3.05) is 0 Å². The lowest BCUT2D eigenvalue weighted by atomic mass is 10.1. The Bertz CT molecular complexity index is 693. The van der Waals surface area contributed by atoms with Crippen molar-refractivity contribution >= 4 is 12.1 Å². The van der Waals surface area contributed by atoms with Crippen LogP contribution in [-0.2, 0) is 6.18 Å². The van der Waals surface area contributed by atoms with E-state index in [0.717, 1.165) is 18.2 Å². The van der Waals surface area contributed by atoms with E-state index in [9.17, 15) is 22.4 Å². The minimum Gasteiger partial charge on any atom is -0.267 e. The monoisotopic (exact) mass is 310 g/mol. The highest BCUT2D eigenvalue weighted by Crippen LogP contribution is 2.29. The minimum atomic E-state index is -4.52. The fourth-order valence-corrected chi connectivity index (χ4v) is 1.62. The van der Waals surface area contributed by atoms with Crippen molar-refractivity contribution in [1.82, 2.24) is 5.43 Å². The van der Waals surface area contributed by atoms with Crippen LogP contribution in [0, 0.1) is 5.82 Å². The Hall–Kier alpha value is -2.70. The summed E-state index contributed by atoms with van der Waals surface area (Å²) in [5, 5.41) is 3.61. The Morgan fingerprint density at radius 2 is 1.77 bits per heavy atom. The molecule has 0 unspecified atom stereocenters. The Balaban J connectivity index is 2.05. The van der Waals surface area contributed by atoms with Gasteiger partial charge in [0, 0.05) is 5.56 Å². The summed E-state index contributed by atoms with van der Waals surface area (Å²) in [5.74, 6) is -1.19. The number of hydrogen-bond acceptors (Lipinski definition) is 2. The molecule has 2 aromatic carbocycles. The van der Waals surface area contributed by atoms with Crippen LogP contribution >= 0.6 is 0 Å². The van der Waals surface area contributed by atoms with Gasteiger partial charge in [-0.3, -0.25) is 4.79 Å². The first-order chi connectivity index (χ1) is 10.4. The molecule has 0 atom stereocenters. The molecule has 2 rings (SSSR count). The Morgan fingerprint density at radius 1 is 1.09 bits per heavy atom. The van der Waals surface area contributed by atoms with Gasteiger partial charge in [-0.15, -0.1) is 0 Å². The van der Waals surface area contributed by atoms with E-state index in [2.05, 4.69) is 10.5 Å². The number of hydrazone groups is 1. The van der Waals surface area contributed by atoms with Crippen LogP contribution < -0.4 is 5.43 Å². The summed E-state index contributed by atoms with van der Waals surface area (Å²) in [7, 11) is 0. The molecule has 0 bridgehead atoms. The number of alkyl halides is 3. The smallest absolute Gasteiger partial charge is 0.267 e. The van der Waals surface area contributed by atoms with Crippen molar-refractivity contribution in [3.63, 3.8) is 0 Å². The zero-order chi connectivity index (χ0) is 16.2. The largest absolute Gasteiger partial charge is 0.416 e. The second-order valence-corrected chi connectivity index (χ2v) is 4.33. The zero-order valence-electron chi connectivity index (χ0n) is 11.1. The maximum absolute atomic E-state index is 12.7. The van der Waals surface area contributed by atoms with E-state index in [1.807, 2.05) is 0 Å². The summed E-state index contributed by atoms with van der Waals surface area (Å²) in [6.45, 7) is 0. The molecule has 0 fully saturated rings. The molecule has 0 saturated carbocycles. The van der Waals surface area contributed by atoms with Gasteiger partial charge in [0.1, 0.15) is 5.82 Å². The van der Waals surface area contributed by atoms with Crippen molar-refractivity contribution in [2.45, 2.75) is 6.18 Å². The topological polar surface area (TPSA) is 41.5 Å². The lowest BCUT2D eigenvalue weighted by Crippen LogP contribution is -2.18. The molecule has 3 nitrogen and oxygen atoms in total. The summed E-state index contributed by atoms with van der Waals surface area (Å²) in [6.07, 6.45) is -3.27. The van der Waals surface area contributed by atoms with E-state index < -0.39 is 23.5 Å². The lowest BCUT2D eigenvalue weighted by Gasteiger charge is -2.07. The predicted octanol–water partition coefficient (Wildman–Crippen LogP) is 3.61. The molecule has 0 aromatic heterocycles. The van der Waals surface area contributed by atoms with E-state index in [-0.39, 0.29) is 5.56 Å². The van der Waals surface area contributed by atoms with Crippen LogP contribution in [0.4, 0.5) is 17.6 Å². The van der Waals surface area contributed by atoms with Gasteiger partial charge >= 0.3 is 6.18 Å². The fourth-order valence-electron chi connectivity index (χ4n) is 1.62. The van der Waals surface area contributed by atoms with E-state index in [0.29, 0.717) is 5.56 Å². The quantitative estimate of drug-likeness (QED) is 0.525. The van der Waals surface area contributed by atoms with Crippen LogP contribution in [0.5, 0.6) is 0 Å². The number of benzene rings is 2. The molecule has 0 spiro atoms. The molecule has 1 amide bonds. The molecular weight excluding hydrogens is 300 g/mol. The van der Waals surface area contributed by atoms with Gasteiger partial charge in [-0.1, -0.05) is 18.2 Å². The first-order valence-corrected chi connectivity index (χ1v) is 6.12. The van der Waals surface area contributed by atoms with Crippen molar-refractivity contribution in [2.24, 2.45) is 5.10 Å². The number of halogens is 4. The summed E-state index contributed by atoms with van der Waals surface area (Å²) < 4.78 is 50.3. The zero-order valence-corrected chi connectivity index (χ0v) is 11.1. The van der Waals surface area contributed by atoms with Crippen molar-refractivity contribution in [1.29, 1.82) is 0 Å². The molecule has 0 heterocycles. The highest BCUT2D eigenvalue weighted by molar-refractivity contribution is 5.95. The first kappa shape index (κ1) is 15.7. The first-order valence-electron chi connectivity index (χ1n) is 6.12. The van der Waals surface area contributed by atoms with Crippen molar-refractivity contribution in [3.05, 3.63) is 71.0 Å². The molecule has 1 N–H and O–H groups in total. The average molecular weight is 310 g/mol. The van der Waals surface area contributed by atoms with Gasteiger partial charge in [0.15, 0.2) is 0 Å². The Labute approximate surface area is 123 Å². The van der Waals surface area contributed by atoms with Gasteiger partial charge < -0.3 is 0 Å². The number of nitrogens with one attached hydrogen (secondary N) is 1. The molecular formula is C15H10F4N2O. The third-order valence-electron chi connectivity index (χ3n) is 2.70. The second kappa shape index (κ2) is 6.38. The van der Waals surface area contributed by atoms with E-state index in [1.54, 1.807) is 0 Å². The molecule has 0 radical (unpaired) electrons. The van der Waals surface area contributed by atoms with Crippen LogP contribution in [0.1, 0.15) is 21.5 Å². The van der Waals surface area contributed by atoms with Crippen LogP contribution in [0.3, 0.4) is 0 Å². The molecule has 7 heteroatoms. The molecule has 0 aliphatic heterocycles. The van der Waals surface area contributed by atoms with Gasteiger partial charge in [-0.25, -0.2) is 9.82 Å². The minimum absolute atomic E-state index is 0.161. The van der Waals surface area contributed by atoms with Crippen LogP contribution in [-0.4, -0.2) is 12.1 Å². The van der Waals surface area contributed by atoms with Gasteiger partial charge in [0.2, 0.25) is 0 Å². The second-order valence-electron chi connectivity index (χ2n) is 4.33. The summed E-state index contributed by atoms with van der Waals surface area (Å²) in [5.41, 5.74) is 1.57. The normalized spacial score (nSPS) is 11.6. The fraction of sp³-hybridized carbons (Fsp3) is 0.0667. The van der Waals surface area contributed by atoms with Crippen LogP contribution in [0.2, 0.25) is 0 Å². The number of nitrogens with zero attached hydrogens (tertiary/aromatic N) is 1. The van der Waals surface area contributed by atoms with Gasteiger partial charge in [0.05, 0.1) is 11.8 Å². The third-order valence-corrected chi connectivity index (χ3v) is 2.70. The van der Waals surface area contributed by atoms with E-state index in [1.165, 1.54) is 36.5 Å². The van der Waals surface area contributed by atoms with E-state index in [4.69, 9.17) is 0 Å². The number of carbonyl (C=O) groups excluding carboxylic acids is 1. The number of amides is 1. The standard InChI is InChI=1S/C15H10F4N2O/c16-13-6-4-10(5-7-13)9-20-21-14(22)11-2-1-3-12(8-11)15(17,18)19/h1-9H,(H,21,22)/b20-9-. The van der Waals surface area contributed by atoms with Gasteiger partial charge in [-0.05, 0) is 35.9 Å². The van der Waals surface area contributed by atoms with Crippen molar-refractivity contribution < 1.29 is 22.4 Å². The third kappa shape index (κ3) is 4.15. The van der Waals surface area contributed by atoms with E-state index >= 15 is 0 Å². The number of rotatable bonds is 3. The molecule has 0 aliphatic carbocycles. The maximum Gasteiger partial charge on any atom is 0.416 e. The highest BCUT2D eigenvalue weighted by atomic mass is 19.4. The summed E-state index contributed by atoms with van der Waals surface area (Å²) in [6, 6.07) is 9.32. The highest BCUT2D eigenvalue weighted by Gasteiger charge is 2.30. The van der Waals surface area contributed by atoms with Crippen LogP contribution in [0.15, 0.2) is 53.6 Å². The molecule has 0 saturated heterocycles. The molecule has 114 valence electrons. The van der Waals surface area contributed by atoms with Gasteiger partial charge in [0.25, 0.3) is 5.91 Å². The number of carbonyl (C=O) groups is 1.